The van der Waals surface area contributed by atoms with Gasteiger partial charge in [0.15, 0.2) is 5.96 Å². The first-order chi connectivity index (χ1) is 10.7. The van der Waals surface area contributed by atoms with Crippen LogP contribution in [0.1, 0.15) is 18.4 Å². The van der Waals surface area contributed by atoms with Crippen molar-refractivity contribution < 1.29 is 4.79 Å². The zero-order chi connectivity index (χ0) is 15.4. The minimum absolute atomic E-state index is 0.220. The Morgan fingerprint density at radius 1 is 1.18 bits per heavy atom. The Morgan fingerprint density at radius 3 is 2.55 bits per heavy atom. The van der Waals surface area contributed by atoms with Crippen LogP contribution in [0.5, 0.6) is 0 Å². The van der Waals surface area contributed by atoms with Crippen LogP contribution < -0.4 is 10.6 Å². The Hall–Kier alpha value is -1.69. The second-order valence-electron chi connectivity index (χ2n) is 5.59. The Balaban J connectivity index is 1.59. The van der Waals surface area contributed by atoms with E-state index in [0.717, 1.165) is 48.8 Å². The van der Waals surface area contributed by atoms with Gasteiger partial charge in [-0.2, -0.15) is 11.8 Å². The lowest BCUT2D eigenvalue weighted by Crippen LogP contribution is -2.42. The summed E-state index contributed by atoms with van der Waals surface area (Å²) in [7, 11) is 0. The highest BCUT2D eigenvalue weighted by atomic mass is 32.2. The van der Waals surface area contributed by atoms with Gasteiger partial charge in [-0.05, 0) is 24.1 Å². The van der Waals surface area contributed by atoms with Crippen molar-refractivity contribution >= 4 is 29.3 Å². The number of thioether (sulfide) groups is 1. The predicted octanol–water partition coefficient (Wildman–Crippen LogP) is 1.68. The van der Waals surface area contributed by atoms with Crippen LogP contribution in [-0.4, -0.2) is 47.9 Å². The monoisotopic (exact) mass is 318 g/mol. The molecule has 0 atom stereocenters. The largest absolute Gasteiger partial charge is 0.370 e. The first kappa shape index (κ1) is 15.2. The van der Waals surface area contributed by atoms with E-state index >= 15 is 0 Å². The minimum Gasteiger partial charge on any atom is -0.370 e. The molecule has 0 unspecified atom stereocenters. The van der Waals surface area contributed by atoms with Crippen LogP contribution in [0.15, 0.2) is 29.3 Å². The summed E-state index contributed by atoms with van der Waals surface area (Å²) < 4.78 is 0. The molecular formula is C16H22N4OS. The van der Waals surface area contributed by atoms with Crippen molar-refractivity contribution in [3.05, 3.63) is 29.8 Å². The first-order valence-corrected chi connectivity index (χ1v) is 8.91. The van der Waals surface area contributed by atoms with Crippen molar-refractivity contribution in [2.45, 2.75) is 19.4 Å². The number of rotatable bonds is 3. The van der Waals surface area contributed by atoms with Crippen LogP contribution in [0.4, 0.5) is 5.69 Å². The van der Waals surface area contributed by atoms with Crippen molar-refractivity contribution in [2.24, 2.45) is 10.7 Å². The standard InChI is InChI=1S/C16H22N4OS/c17-16(19-8-10-22-11-9-19)18-12-13-3-5-14(6-4-13)20-7-1-2-15(20)21/h3-6H,1-2,7-12H2,(H2,17,18). The maximum Gasteiger partial charge on any atom is 0.227 e. The fourth-order valence-electron chi connectivity index (χ4n) is 2.77. The molecule has 0 bridgehead atoms. The van der Waals surface area contributed by atoms with Crippen LogP contribution in [0.2, 0.25) is 0 Å². The molecule has 118 valence electrons. The topological polar surface area (TPSA) is 61.9 Å². The summed E-state index contributed by atoms with van der Waals surface area (Å²) in [6, 6.07) is 8.07. The molecule has 6 heteroatoms. The number of hydrogen-bond acceptors (Lipinski definition) is 3. The molecule has 5 nitrogen and oxygen atoms in total. The lowest BCUT2D eigenvalue weighted by atomic mass is 10.2. The molecule has 0 radical (unpaired) electrons. The predicted molar refractivity (Wildman–Crippen MR) is 92.3 cm³/mol. The number of hydrogen-bond donors (Lipinski definition) is 1. The molecule has 2 N–H and O–H groups in total. The molecule has 0 aromatic heterocycles. The second kappa shape index (κ2) is 7.05. The highest BCUT2D eigenvalue weighted by molar-refractivity contribution is 7.99. The maximum atomic E-state index is 11.7. The lowest BCUT2D eigenvalue weighted by molar-refractivity contribution is -0.117. The molecule has 0 aliphatic carbocycles. The average molecular weight is 318 g/mol. The number of guanidine groups is 1. The SMILES string of the molecule is NC(=NCc1ccc(N2CCCC2=O)cc1)N1CCSCC1. The van der Waals surface area contributed by atoms with Gasteiger partial charge in [-0.25, -0.2) is 4.99 Å². The smallest absolute Gasteiger partial charge is 0.227 e. The van der Waals surface area contributed by atoms with Crippen molar-refractivity contribution in [3.63, 3.8) is 0 Å². The van der Waals surface area contributed by atoms with Crippen molar-refractivity contribution in [1.29, 1.82) is 0 Å². The van der Waals surface area contributed by atoms with Gasteiger partial charge in [0.1, 0.15) is 0 Å². The van der Waals surface area contributed by atoms with Gasteiger partial charge in [-0.15, -0.1) is 0 Å². The summed E-state index contributed by atoms with van der Waals surface area (Å²) in [6.45, 7) is 3.38. The van der Waals surface area contributed by atoms with E-state index < -0.39 is 0 Å². The van der Waals surface area contributed by atoms with Gasteiger partial charge in [0.25, 0.3) is 0 Å². The third-order valence-corrected chi connectivity index (χ3v) is 5.02. The lowest BCUT2D eigenvalue weighted by Gasteiger charge is -2.27. The van der Waals surface area contributed by atoms with E-state index in [4.69, 9.17) is 5.73 Å². The van der Waals surface area contributed by atoms with Crippen LogP contribution >= 0.6 is 11.8 Å². The van der Waals surface area contributed by atoms with E-state index in [-0.39, 0.29) is 5.91 Å². The number of aliphatic imine (C=N–C) groups is 1. The van der Waals surface area contributed by atoms with Crippen molar-refractivity contribution in [3.8, 4) is 0 Å². The second-order valence-corrected chi connectivity index (χ2v) is 6.81. The van der Waals surface area contributed by atoms with Gasteiger partial charge < -0.3 is 15.5 Å². The summed E-state index contributed by atoms with van der Waals surface area (Å²) in [4.78, 5) is 20.2. The van der Waals surface area contributed by atoms with Crippen molar-refractivity contribution in [2.75, 3.05) is 36.0 Å². The van der Waals surface area contributed by atoms with Gasteiger partial charge in [0, 0.05) is 43.2 Å². The van der Waals surface area contributed by atoms with Crippen LogP contribution in [0.25, 0.3) is 0 Å². The van der Waals surface area contributed by atoms with E-state index in [9.17, 15) is 4.79 Å². The first-order valence-electron chi connectivity index (χ1n) is 7.76. The number of benzene rings is 1. The number of carbonyl (C=O) groups is 1. The molecule has 2 aliphatic heterocycles. The number of anilines is 1. The van der Waals surface area contributed by atoms with Crippen LogP contribution in [0, 0.1) is 0 Å². The summed E-state index contributed by atoms with van der Waals surface area (Å²) >= 11 is 1.96. The average Bonchev–Trinajstić information content (AvgIpc) is 3.00. The van der Waals surface area contributed by atoms with Gasteiger partial charge in [0.2, 0.25) is 5.91 Å². The number of amides is 1. The van der Waals surface area contributed by atoms with Crippen molar-refractivity contribution in [1.82, 2.24) is 4.90 Å². The summed E-state index contributed by atoms with van der Waals surface area (Å²) in [6.07, 6.45) is 1.62. The van der Waals surface area contributed by atoms with E-state index in [1.807, 2.05) is 40.9 Å². The Bertz CT molecular complexity index is 552. The molecule has 2 saturated heterocycles. The molecule has 2 aliphatic rings. The van der Waals surface area contributed by atoms with Crippen LogP contribution in [-0.2, 0) is 11.3 Å². The number of carbonyl (C=O) groups excluding carboxylic acids is 1. The molecule has 1 amide bonds. The molecule has 3 rings (SSSR count). The van der Waals surface area contributed by atoms with Gasteiger partial charge in [-0.3, -0.25) is 4.79 Å². The van der Waals surface area contributed by atoms with E-state index in [2.05, 4.69) is 9.89 Å². The molecule has 0 spiro atoms. The summed E-state index contributed by atoms with van der Waals surface area (Å²) in [5.41, 5.74) is 8.16. The molecule has 2 fully saturated rings. The van der Waals surface area contributed by atoms with Gasteiger partial charge in [0.05, 0.1) is 6.54 Å². The molecular weight excluding hydrogens is 296 g/mol. The normalized spacial score (nSPS) is 19.8. The minimum atomic E-state index is 0.220. The van der Waals surface area contributed by atoms with Gasteiger partial charge >= 0.3 is 0 Å². The highest BCUT2D eigenvalue weighted by Crippen LogP contribution is 2.21. The van der Waals surface area contributed by atoms with E-state index in [1.54, 1.807) is 0 Å². The fraction of sp³-hybridized carbons (Fsp3) is 0.500. The zero-order valence-corrected chi connectivity index (χ0v) is 13.5. The third kappa shape index (κ3) is 3.55. The molecule has 0 saturated carbocycles. The number of nitrogens with zero attached hydrogens (tertiary/aromatic N) is 3. The molecule has 2 heterocycles. The zero-order valence-electron chi connectivity index (χ0n) is 12.7. The van der Waals surface area contributed by atoms with Gasteiger partial charge in [-0.1, -0.05) is 12.1 Å². The molecule has 22 heavy (non-hydrogen) atoms. The quantitative estimate of drug-likeness (QED) is 0.680. The summed E-state index contributed by atoms with van der Waals surface area (Å²) in [5.74, 6) is 3.10. The third-order valence-electron chi connectivity index (χ3n) is 4.08. The van der Waals surface area contributed by atoms with Crippen LogP contribution in [0.3, 0.4) is 0 Å². The fourth-order valence-corrected chi connectivity index (χ4v) is 3.67. The summed E-state index contributed by atoms with van der Waals surface area (Å²) in [5, 5.41) is 0. The Kier molecular flexibility index (Phi) is 4.87. The van der Waals surface area contributed by atoms with E-state index in [0.29, 0.717) is 18.9 Å². The molecule has 1 aromatic rings. The molecule has 1 aromatic carbocycles. The number of nitrogens with two attached hydrogens (primary N) is 1. The Morgan fingerprint density at radius 2 is 1.91 bits per heavy atom. The highest BCUT2D eigenvalue weighted by Gasteiger charge is 2.21. The maximum absolute atomic E-state index is 11.7. The Labute approximate surface area is 135 Å². The van der Waals surface area contributed by atoms with E-state index in [1.165, 1.54) is 0 Å².